The number of pyridine rings is 1. The van der Waals surface area contributed by atoms with Crippen molar-refractivity contribution in [2.45, 2.75) is 13.1 Å². The maximum absolute atomic E-state index is 13.0. The number of hydrogen-bond acceptors (Lipinski definition) is 2. The highest BCUT2D eigenvalue weighted by molar-refractivity contribution is 6.05. The molecule has 0 unspecified atom stereocenters. The first-order valence-corrected chi connectivity index (χ1v) is 6.78. The van der Waals surface area contributed by atoms with Gasteiger partial charge in [0, 0.05) is 18.1 Å². The third-order valence-corrected chi connectivity index (χ3v) is 3.54. The highest BCUT2D eigenvalue weighted by Gasteiger charge is 2.34. The molecule has 4 nitrogen and oxygen atoms in total. The summed E-state index contributed by atoms with van der Waals surface area (Å²) in [5.74, 6) is -0.805. The number of halogens is 3. The third kappa shape index (κ3) is 2.77. The lowest BCUT2D eigenvalue weighted by atomic mass is 10.1. The van der Waals surface area contributed by atoms with E-state index < -0.39 is 23.2 Å². The van der Waals surface area contributed by atoms with Crippen molar-refractivity contribution in [2.75, 3.05) is 5.32 Å². The van der Waals surface area contributed by atoms with Gasteiger partial charge < -0.3 is 9.72 Å². The highest BCUT2D eigenvalue weighted by Crippen LogP contribution is 2.32. The van der Waals surface area contributed by atoms with E-state index in [1.807, 2.05) is 0 Å². The lowest BCUT2D eigenvalue weighted by Gasteiger charge is -2.14. The lowest BCUT2D eigenvalue weighted by molar-refractivity contribution is -0.137. The van der Waals surface area contributed by atoms with Gasteiger partial charge in [-0.05, 0) is 31.2 Å². The van der Waals surface area contributed by atoms with Gasteiger partial charge in [-0.15, -0.1) is 0 Å². The van der Waals surface area contributed by atoms with Crippen LogP contribution in [0.1, 0.15) is 21.6 Å². The molecule has 118 valence electrons. The Bertz CT molecular complexity index is 884. The molecule has 0 aliphatic carbocycles. The zero-order chi connectivity index (χ0) is 16.6. The molecule has 0 atom stereocenters. The van der Waals surface area contributed by atoms with Gasteiger partial charge in [0.25, 0.3) is 5.91 Å². The van der Waals surface area contributed by atoms with Gasteiger partial charge in [0.2, 0.25) is 0 Å². The van der Waals surface area contributed by atoms with Crippen LogP contribution in [0.25, 0.3) is 5.65 Å². The molecule has 0 spiro atoms. The van der Waals surface area contributed by atoms with Crippen molar-refractivity contribution in [3.8, 4) is 0 Å². The molecule has 2 heterocycles. The average molecular weight is 319 g/mol. The van der Waals surface area contributed by atoms with Gasteiger partial charge in [0.1, 0.15) is 5.65 Å². The minimum absolute atomic E-state index is 0.412. The molecule has 0 saturated carbocycles. The molecular formula is C16H12F3N3O. The van der Waals surface area contributed by atoms with E-state index in [0.29, 0.717) is 17.0 Å². The summed E-state index contributed by atoms with van der Waals surface area (Å²) in [4.78, 5) is 16.4. The molecule has 0 aliphatic heterocycles. The van der Waals surface area contributed by atoms with Gasteiger partial charge in [-0.2, -0.15) is 13.2 Å². The number of alkyl halides is 3. The molecule has 3 rings (SSSR count). The maximum Gasteiger partial charge on any atom is 0.417 e. The van der Waals surface area contributed by atoms with E-state index in [1.54, 1.807) is 35.9 Å². The summed E-state index contributed by atoms with van der Waals surface area (Å²) < 4.78 is 40.7. The predicted octanol–water partition coefficient (Wildman–Crippen LogP) is 3.91. The summed E-state index contributed by atoms with van der Waals surface area (Å²) in [5.41, 5.74) is 0.426. The highest BCUT2D eigenvalue weighted by atomic mass is 19.4. The van der Waals surface area contributed by atoms with Crippen molar-refractivity contribution >= 4 is 17.2 Å². The Hall–Kier alpha value is -2.83. The molecule has 23 heavy (non-hydrogen) atoms. The average Bonchev–Trinajstić information content (AvgIpc) is 2.98. The van der Waals surface area contributed by atoms with Crippen LogP contribution in [0.2, 0.25) is 0 Å². The summed E-state index contributed by atoms with van der Waals surface area (Å²) in [6.45, 7) is 1.75. The van der Waals surface area contributed by atoms with Crippen molar-refractivity contribution in [1.29, 1.82) is 0 Å². The number of imidazole rings is 1. The van der Waals surface area contributed by atoms with Gasteiger partial charge in [-0.25, -0.2) is 4.98 Å². The standard InChI is InChI=1S/C16H12F3N3O/c1-10-13(6-7-14-20-8-9-22(10)14)21-15(23)11-4-2-3-5-12(11)16(17,18)19/h2-9H,1H3,(H,21,23). The van der Waals surface area contributed by atoms with Crippen LogP contribution in [0.5, 0.6) is 0 Å². The van der Waals surface area contributed by atoms with E-state index in [1.165, 1.54) is 12.1 Å². The molecule has 0 radical (unpaired) electrons. The van der Waals surface area contributed by atoms with E-state index in [4.69, 9.17) is 0 Å². The number of hydrogen-bond donors (Lipinski definition) is 1. The van der Waals surface area contributed by atoms with Crippen LogP contribution >= 0.6 is 0 Å². The zero-order valence-electron chi connectivity index (χ0n) is 12.1. The van der Waals surface area contributed by atoms with E-state index in [0.717, 1.165) is 12.1 Å². The number of benzene rings is 1. The van der Waals surface area contributed by atoms with E-state index in [-0.39, 0.29) is 0 Å². The van der Waals surface area contributed by atoms with Gasteiger partial charge in [-0.3, -0.25) is 4.79 Å². The number of aromatic nitrogens is 2. The SMILES string of the molecule is Cc1c(NC(=O)c2ccccc2C(F)(F)F)ccc2nccn12. The smallest absolute Gasteiger partial charge is 0.320 e. The molecular weight excluding hydrogens is 307 g/mol. The Kier molecular flexibility index (Phi) is 3.55. The van der Waals surface area contributed by atoms with Crippen LogP contribution in [0.3, 0.4) is 0 Å². The first-order chi connectivity index (χ1) is 10.9. The van der Waals surface area contributed by atoms with Crippen LogP contribution in [-0.2, 0) is 6.18 Å². The fourth-order valence-corrected chi connectivity index (χ4v) is 2.38. The van der Waals surface area contributed by atoms with Crippen molar-refractivity contribution in [1.82, 2.24) is 9.38 Å². The monoisotopic (exact) mass is 319 g/mol. The Morgan fingerprint density at radius 3 is 2.65 bits per heavy atom. The van der Waals surface area contributed by atoms with Gasteiger partial charge in [-0.1, -0.05) is 12.1 Å². The largest absolute Gasteiger partial charge is 0.417 e. The number of nitrogens with zero attached hydrogens (tertiary/aromatic N) is 2. The van der Waals surface area contributed by atoms with E-state index >= 15 is 0 Å². The number of nitrogens with one attached hydrogen (secondary N) is 1. The number of aryl methyl sites for hydroxylation is 1. The molecule has 1 amide bonds. The fraction of sp³-hybridized carbons (Fsp3) is 0.125. The van der Waals surface area contributed by atoms with Gasteiger partial charge in [0.15, 0.2) is 0 Å². The van der Waals surface area contributed by atoms with Gasteiger partial charge >= 0.3 is 6.18 Å². The van der Waals surface area contributed by atoms with Crippen LogP contribution in [0, 0.1) is 6.92 Å². The van der Waals surface area contributed by atoms with Crippen molar-refractivity contribution in [3.63, 3.8) is 0 Å². The summed E-state index contributed by atoms with van der Waals surface area (Å²) in [5, 5.41) is 2.53. The fourth-order valence-electron chi connectivity index (χ4n) is 2.38. The second kappa shape index (κ2) is 5.42. The minimum atomic E-state index is -4.59. The molecule has 2 aromatic heterocycles. The molecule has 7 heteroatoms. The second-order valence-corrected chi connectivity index (χ2v) is 4.99. The minimum Gasteiger partial charge on any atom is -0.320 e. The summed E-state index contributed by atoms with van der Waals surface area (Å²) >= 11 is 0. The lowest BCUT2D eigenvalue weighted by Crippen LogP contribution is -2.19. The molecule has 0 aliphatic rings. The number of fused-ring (bicyclic) bond motifs is 1. The number of carbonyl (C=O) groups excluding carboxylic acids is 1. The first kappa shape index (κ1) is 15.1. The summed E-state index contributed by atoms with van der Waals surface area (Å²) in [6.07, 6.45) is -1.27. The Morgan fingerprint density at radius 1 is 1.17 bits per heavy atom. The zero-order valence-corrected chi connectivity index (χ0v) is 12.1. The molecule has 3 aromatic rings. The Balaban J connectivity index is 1.97. The predicted molar refractivity (Wildman–Crippen MR) is 79.3 cm³/mol. The van der Waals surface area contributed by atoms with E-state index in [2.05, 4.69) is 10.3 Å². The van der Waals surface area contributed by atoms with Crippen LogP contribution in [0.15, 0.2) is 48.8 Å². The molecule has 0 saturated heterocycles. The first-order valence-electron chi connectivity index (χ1n) is 6.78. The summed E-state index contributed by atoms with van der Waals surface area (Å²) in [6, 6.07) is 7.99. The quantitative estimate of drug-likeness (QED) is 0.778. The van der Waals surface area contributed by atoms with Crippen LogP contribution in [0.4, 0.5) is 18.9 Å². The molecule has 0 bridgehead atoms. The molecule has 1 aromatic carbocycles. The van der Waals surface area contributed by atoms with Gasteiger partial charge in [0.05, 0.1) is 16.8 Å². The van der Waals surface area contributed by atoms with Crippen molar-refractivity contribution < 1.29 is 18.0 Å². The maximum atomic E-state index is 13.0. The molecule has 0 fully saturated rings. The molecule has 1 N–H and O–H groups in total. The van der Waals surface area contributed by atoms with Crippen molar-refractivity contribution in [3.05, 3.63) is 65.6 Å². The number of rotatable bonds is 2. The van der Waals surface area contributed by atoms with E-state index in [9.17, 15) is 18.0 Å². The Labute approximate surface area is 129 Å². The number of carbonyl (C=O) groups is 1. The normalized spacial score (nSPS) is 11.7. The summed E-state index contributed by atoms with van der Waals surface area (Å²) in [7, 11) is 0. The third-order valence-electron chi connectivity index (χ3n) is 3.54. The Morgan fingerprint density at radius 2 is 1.91 bits per heavy atom. The van der Waals surface area contributed by atoms with Crippen molar-refractivity contribution in [2.24, 2.45) is 0 Å². The second-order valence-electron chi connectivity index (χ2n) is 4.99. The van der Waals surface area contributed by atoms with Crippen LogP contribution in [-0.4, -0.2) is 15.3 Å². The number of amides is 1. The topological polar surface area (TPSA) is 46.4 Å². The number of anilines is 1. The van der Waals surface area contributed by atoms with Crippen LogP contribution < -0.4 is 5.32 Å².